The molecule has 0 unspecified atom stereocenters. The van der Waals surface area contributed by atoms with Crippen molar-refractivity contribution in [2.45, 2.75) is 76.8 Å². The molecule has 2 saturated carbocycles. The van der Waals surface area contributed by atoms with Crippen molar-refractivity contribution in [2.75, 3.05) is 5.32 Å². The van der Waals surface area contributed by atoms with Gasteiger partial charge in [-0.15, -0.1) is 0 Å². The number of aliphatic carboxylic acids is 1. The van der Waals surface area contributed by atoms with Gasteiger partial charge in [-0.25, -0.2) is 4.79 Å². The maximum atomic E-state index is 12.2. The lowest BCUT2D eigenvalue weighted by Crippen LogP contribution is -2.41. The van der Waals surface area contributed by atoms with Crippen molar-refractivity contribution in [1.29, 1.82) is 0 Å². The fourth-order valence-corrected chi connectivity index (χ4v) is 4.07. The summed E-state index contributed by atoms with van der Waals surface area (Å²) in [6, 6.07) is 2.14. The Morgan fingerprint density at radius 2 is 1.80 bits per heavy atom. The van der Waals surface area contributed by atoms with E-state index in [-0.39, 0.29) is 18.0 Å². The third-order valence-corrected chi connectivity index (χ3v) is 5.50. The van der Waals surface area contributed by atoms with Gasteiger partial charge in [0.05, 0.1) is 12.0 Å². The summed E-state index contributed by atoms with van der Waals surface area (Å²) in [5, 5.41) is 19.4. The fourth-order valence-electron chi connectivity index (χ4n) is 4.07. The quantitative estimate of drug-likeness (QED) is 0.776. The Hall–Kier alpha value is -2.05. The molecule has 3 rings (SSSR count). The largest absolute Gasteiger partial charge is 0.481 e. The summed E-state index contributed by atoms with van der Waals surface area (Å²) >= 11 is 0. The van der Waals surface area contributed by atoms with Crippen LogP contribution < -0.4 is 10.6 Å². The van der Waals surface area contributed by atoms with E-state index in [1.54, 1.807) is 0 Å². The number of hydrogen-bond donors (Lipinski definition) is 3. The van der Waals surface area contributed by atoms with Crippen LogP contribution in [0.3, 0.4) is 0 Å². The highest BCUT2D eigenvalue weighted by Gasteiger charge is 2.27. The number of anilines is 1. The van der Waals surface area contributed by atoms with E-state index in [4.69, 9.17) is 5.11 Å². The molecule has 1 aromatic rings. The van der Waals surface area contributed by atoms with Gasteiger partial charge in [-0.2, -0.15) is 5.10 Å². The highest BCUT2D eigenvalue weighted by Crippen LogP contribution is 2.29. The molecule has 0 aliphatic heterocycles. The van der Waals surface area contributed by atoms with Gasteiger partial charge in [-0.1, -0.05) is 19.3 Å². The highest BCUT2D eigenvalue weighted by atomic mass is 16.4. The molecule has 7 heteroatoms. The molecule has 0 bridgehead atoms. The number of carbonyl (C=O) groups excluding carboxylic acids is 1. The second kappa shape index (κ2) is 7.89. The minimum atomic E-state index is -0.730. The molecule has 1 aromatic heterocycles. The zero-order chi connectivity index (χ0) is 17.8. The maximum absolute atomic E-state index is 12.2. The average Bonchev–Trinajstić information content (AvgIpc) is 2.96. The van der Waals surface area contributed by atoms with Crippen LogP contribution in [0.2, 0.25) is 0 Å². The Morgan fingerprint density at radius 3 is 2.44 bits per heavy atom. The zero-order valence-electron chi connectivity index (χ0n) is 14.8. The third kappa shape index (κ3) is 4.52. The first-order chi connectivity index (χ1) is 12.0. The first kappa shape index (κ1) is 17.8. The van der Waals surface area contributed by atoms with E-state index in [0.717, 1.165) is 18.5 Å². The molecule has 2 amide bonds. The number of aryl methyl sites for hydroxylation is 1. The van der Waals surface area contributed by atoms with Gasteiger partial charge in [0.15, 0.2) is 5.82 Å². The molecule has 1 heterocycles. The molecule has 2 aliphatic rings. The Bertz CT molecular complexity index is 614. The Kier molecular flexibility index (Phi) is 5.60. The number of hydrogen-bond acceptors (Lipinski definition) is 3. The molecule has 0 atom stereocenters. The minimum Gasteiger partial charge on any atom is -0.481 e. The van der Waals surface area contributed by atoms with E-state index in [9.17, 15) is 9.59 Å². The van der Waals surface area contributed by atoms with Gasteiger partial charge in [0.1, 0.15) is 0 Å². The SMILES string of the molecule is Cc1cc(NC(=O)NC2CCC(C(=O)O)CC2)nn1C1CCCCC1. The number of rotatable bonds is 4. The van der Waals surface area contributed by atoms with Gasteiger partial charge in [0.25, 0.3) is 0 Å². The molecule has 7 nitrogen and oxygen atoms in total. The van der Waals surface area contributed by atoms with E-state index >= 15 is 0 Å². The standard InChI is InChI=1S/C18H28N4O3/c1-12-11-16(21-22(12)15-5-3-2-4-6-15)20-18(25)19-14-9-7-13(8-10-14)17(23)24/h11,13-15H,2-10H2,1H3,(H,23,24)(H2,19,20,21,25). The molecule has 138 valence electrons. The monoisotopic (exact) mass is 348 g/mol. The van der Waals surface area contributed by atoms with Crippen LogP contribution in [0.15, 0.2) is 6.07 Å². The van der Waals surface area contributed by atoms with E-state index in [0.29, 0.717) is 37.5 Å². The molecular weight excluding hydrogens is 320 g/mol. The summed E-state index contributed by atoms with van der Waals surface area (Å²) in [7, 11) is 0. The second-order valence-electron chi connectivity index (χ2n) is 7.39. The molecule has 0 radical (unpaired) electrons. The molecule has 0 aromatic carbocycles. The fraction of sp³-hybridized carbons (Fsp3) is 0.722. The van der Waals surface area contributed by atoms with Crippen molar-refractivity contribution in [3.05, 3.63) is 11.8 Å². The summed E-state index contributed by atoms with van der Waals surface area (Å²) in [5.41, 5.74) is 1.07. The van der Waals surface area contributed by atoms with Crippen molar-refractivity contribution in [2.24, 2.45) is 5.92 Å². The third-order valence-electron chi connectivity index (χ3n) is 5.50. The Balaban J connectivity index is 1.51. The number of carboxylic acid groups (broad SMARTS) is 1. The lowest BCUT2D eigenvalue weighted by atomic mass is 9.86. The minimum absolute atomic E-state index is 0.0390. The number of carbonyl (C=O) groups is 2. The highest BCUT2D eigenvalue weighted by molar-refractivity contribution is 5.88. The van der Waals surface area contributed by atoms with Crippen LogP contribution in [-0.4, -0.2) is 32.9 Å². The van der Waals surface area contributed by atoms with Crippen LogP contribution in [0.4, 0.5) is 10.6 Å². The molecule has 0 spiro atoms. The number of urea groups is 1. The van der Waals surface area contributed by atoms with Gasteiger partial charge >= 0.3 is 12.0 Å². The number of amides is 2. The number of nitrogens with one attached hydrogen (secondary N) is 2. The topological polar surface area (TPSA) is 96.2 Å². The van der Waals surface area contributed by atoms with Gasteiger partial charge in [0, 0.05) is 17.8 Å². The number of nitrogens with zero attached hydrogens (tertiary/aromatic N) is 2. The van der Waals surface area contributed by atoms with Gasteiger partial charge in [-0.05, 0) is 45.4 Å². The van der Waals surface area contributed by atoms with Crippen LogP contribution >= 0.6 is 0 Å². The van der Waals surface area contributed by atoms with E-state index in [1.165, 1.54) is 19.3 Å². The second-order valence-corrected chi connectivity index (χ2v) is 7.39. The van der Waals surface area contributed by atoms with Crippen LogP contribution in [0, 0.1) is 12.8 Å². The smallest absolute Gasteiger partial charge is 0.320 e. The molecule has 2 aliphatic carbocycles. The number of carboxylic acids is 1. The molecule has 25 heavy (non-hydrogen) atoms. The molecule has 3 N–H and O–H groups in total. The number of aromatic nitrogens is 2. The summed E-state index contributed by atoms with van der Waals surface area (Å²) in [6.07, 6.45) is 8.75. The summed E-state index contributed by atoms with van der Waals surface area (Å²) in [4.78, 5) is 23.2. The zero-order valence-corrected chi connectivity index (χ0v) is 14.8. The van der Waals surface area contributed by atoms with Gasteiger partial charge in [0.2, 0.25) is 0 Å². The van der Waals surface area contributed by atoms with Crippen molar-refractivity contribution in [1.82, 2.24) is 15.1 Å². The summed E-state index contributed by atoms with van der Waals surface area (Å²) in [6.45, 7) is 2.03. The van der Waals surface area contributed by atoms with Crippen LogP contribution in [0.5, 0.6) is 0 Å². The molecule has 0 saturated heterocycles. The van der Waals surface area contributed by atoms with Crippen molar-refractivity contribution < 1.29 is 14.7 Å². The van der Waals surface area contributed by atoms with E-state index < -0.39 is 5.97 Å². The van der Waals surface area contributed by atoms with Crippen molar-refractivity contribution in [3.8, 4) is 0 Å². The maximum Gasteiger partial charge on any atom is 0.320 e. The first-order valence-electron chi connectivity index (χ1n) is 9.39. The predicted molar refractivity (Wildman–Crippen MR) is 94.6 cm³/mol. The average molecular weight is 348 g/mol. The van der Waals surface area contributed by atoms with Crippen LogP contribution in [0.25, 0.3) is 0 Å². The predicted octanol–water partition coefficient (Wildman–Crippen LogP) is 3.46. The van der Waals surface area contributed by atoms with Crippen LogP contribution in [0.1, 0.15) is 69.5 Å². The summed E-state index contributed by atoms with van der Waals surface area (Å²) in [5.74, 6) is -0.415. The van der Waals surface area contributed by atoms with E-state index in [2.05, 4.69) is 15.7 Å². The van der Waals surface area contributed by atoms with Crippen molar-refractivity contribution in [3.63, 3.8) is 0 Å². The van der Waals surface area contributed by atoms with Crippen LogP contribution in [-0.2, 0) is 4.79 Å². The van der Waals surface area contributed by atoms with E-state index in [1.807, 2.05) is 17.7 Å². The van der Waals surface area contributed by atoms with Gasteiger partial charge < -0.3 is 10.4 Å². The normalized spacial score (nSPS) is 24.7. The molecular formula is C18H28N4O3. The molecule has 2 fully saturated rings. The van der Waals surface area contributed by atoms with Crippen molar-refractivity contribution >= 4 is 17.8 Å². The van der Waals surface area contributed by atoms with Gasteiger partial charge in [-0.3, -0.25) is 14.8 Å². The Labute approximate surface area is 148 Å². The Morgan fingerprint density at radius 1 is 1.12 bits per heavy atom. The lowest BCUT2D eigenvalue weighted by molar-refractivity contribution is -0.142. The first-order valence-corrected chi connectivity index (χ1v) is 9.39. The summed E-state index contributed by atoms with van der Waals surface area (Å²) < 4.78 is 2.05. The lowest BCUT2D eigenvalue weighted by Gasteiger charge is -2.26.